The van der Waals surface area contributed by atoms with Crippen LogP contribution in [0.15, 0.2) is 47.3 Å². The Morgan fingerprint density at radius 1 is 1.00 bits per heavy atom. The highest BCUT2D eigenvalue weighted by molar-refractivity contribution is 5.93. The summed E-state index contributed by atoms with van der Waals surface area (Å²) in [7, 11) is 0. The lowest BCUT2D eigenvalue weighted by Gasteiger charge is -2.29. The topological polar surface area (TPSA) is 63.0 Å². The molecular formula is C20H22N2O4. The average molecular weight is 354 g/mol. The zero-order chi connectivity index (χ0) is 17.9. The molecule has 0 spiro atoms. The fourth-order valence-corrected chi connectivity index (χ4v) is 3.65. The summed E-state index contributed by atoms with van der Waals surface area (Å²) in [4.78, 5) is 29.1. The highest BCUT2D eigenvalue weighted by Gasteiger charge is 2.31. The molecule has 0 bridgehead atoms. The van der Waals surface area contributed by atoms with Crippen molar-refractivity contribution < 1.29 is 18.7 Å². The highest BCUT2D eigenvalue weighted by Crippen LogP contribution is 2.28. The van der Waals surface area contributed by atoms with Crippen LogP contribution in [0.2, 0.25) is 0 Å². The third-order valence-electron chi connectivity index (χ3n) is 5.09. The molecule has 3 heterocycles. The van der Waals surface area contributed by atoms with Crippen LogP contribution in [0.1, 0.15) is 22.3 Å². The number of furan rings is 1. The minimum absolute atomic E-state index is 0.0389. The van der Waals surface area contributed by atoms with Crippen molar-refractivity contribution in [3.63, 3.8) is 0 Å². The fourth-order valence-electron chi connectivity index (χ4n) is 3.65. The molecule has 1 saturated heterocycles. The first-order valence-electron chi connectivity index (χ1n) is 9.03. The summed E-state index contributed by atoms with van der Waals surface area (Å²) >= 11 is 0. The molecular weight excluding hydrogens is 332 g/mol. The number of amides is 2. The average Bonchev–Trinajstić information content (AvgIpc) is 3.11. The number of ether oxygens (including phenoxy) is 1. The first-order chi connectivity index (χ1) is 12.7. The molecule has 1 fully saturated rings. The molecule has 2 aromatic rings. The van der Waals surface area contributed by atoms with Gasteiger partial charge in [-0.2, -0.15) is 0 Å². The van der Waals surface area contributed by atoms with Gasteiger partial charge >= 0.3 is 0 Å². The molecule has 2 aliphatic rings. The summed E-state index contributed by atoms with van der Waals surface area (Å²) in [6.07, 6.45) is 4.46. The van der Waals surface area contributed by atoms with Gasteiger partial charge in [0.25, 0.3) is 5.91 Å². The van der Waals surface area contributed by atoms with E-state index in [1.165, 1.54) is 12.5 Å². The van der Waals surface area contributed by atoms with E-state index in [0.29, 0.717) is 44.8 Å². The Kier molecular flexibility index (Phi) is 4.65. The van der Waals surface area contributed by atoms with Crippen LogP contribution in [0.5, 0.6) is 5.75 Å². The SMILES string of the molecule is O=C(c1ccoc1)N1CCCN(C(=O)C2COc3ccccc3C2)CC1. The second-order valence-electron chi connectivity index (χ2n) is 6.80. The van der Waals surface area contributed by atoms with Crippen LogP contribution in [-0.2, 0) is 11.2 Å². The Morgan fingerprint density at radius 3 is 2.65 bits per heavy atom. The first-order valence-corrected chi connectivity index (χ1v) is 9.03. The van der Waals surface area contributed by atoms with Gasteiger partial charge in [0.1, 0.15) is 18.6 Å². The highest BCUT2D eigenvalue weighted by atomic mass is 16.5. The molecule has 0 N–H and O–H groups in total. The Bertz CT molecular complexity index is 787. The Hall–Kier alpha value is -2.76. The Labute approximate surface area is 152 Å². The lowest BCUT2D eigenvalue weighted by Crippen LogP contribution is -2.43. The number of carbonyl (C=O) groups excluding carboxylic acids is 2. The van der Waals surface area contributed by atoms with Gasteiger partial charge in [-0.05, 0) is 30.5 Å². The minimum Gasteiger partial charge on any atom is -0.492 e. The van der Waals surface area contributed by atoms with E-state index in [2.05, 4.69) is 0 Å². The molecule has 1 aromatic heterocycles. The summed E-state index contributed by atoms with van der Waals surface area (Å²) in [6.45, 7) is 2.84. The maximum absolute atomic E-state index is 12.9. The van der Waals surface area contributed by atoms with Gasteiger partial charge in [0, 0.05) is 26.2 Å². The number of carbonyl (C=O) groups is 2. The number of hydrogen-bond donors (Lipinski definition) is 0. The van der Waals surface area contributed by atoms with Crippen molar-refractivity contribution in [3.05, 3.63) is 54.0 Å². The van der Waals surface area contributed by atoms with Crippen LogP contribution in [0.25, 0.3) is 0 Å². The molecule has 0 radical (unpaired) electrons. The second kappa shape index (κ2) is 7.23. The quantitative estimate of drug-likeness (QED) is 0.829. The third-order valence-corrected chi connectivity index (χ3v) is 5.09. The van der Waals surface area contributed by atoms with Crippen molar-refractivity contribution in [1.29, 1.82) is 0 Å². The second-order valence-corrected chi connectivity index (χ2v) is 6.80. The molecule has 1 unspecified atom stereocenters. The molecule has 4 rings (SSSR count). The van der Waals surface area contributed by atoms with Gasteiger partial charge in [0.05, 0.1) is 17.7 Å². The molecule has 26 heavy (non-hydrogen) atoms. The van der Waals surface area contributed by atoms with Crippen molar-refractivity contribution in [2.24, 2.45) is 5.92 Å². The number of nitrogens with zero attached hydrogens (tertiary/aromatic N) is 2. The monoisotopic (exact) mass is 354 g/mol. The summed E-state index contributed by atoms with van der Waals surface area (Å²) in [5.41, 5.74) is 1.64. The molecule has 0 aliphatic carbocycles. The van der Waals surface area contributed by atoms with Crippen molar-refractivity contribution in [2.75, 3.05) is 32.8 Å². The maximum atomic E-state index is 12.9. The van der Waals surface area contributed by atoms with E-state index in [1.807, 2.05) is 29.2 Å². The van der Waals surface area contributed by atoms with E-state index in [0.717, 1.165) is 17.7 Å². The lowest BCUT2D eigenvalue weighted by atomic mass is 9.95. The Balaban J connectivity index is 1.38. The summed E-state index contributed by atoms with van der Waals surface area (Å²) in [6, 6.07) is 9.55. The van der Waals surface area contributed by atoms with Crippen molar-refractivity contribution in [3.8, 4) is 5.75 Å². The van der Waals surface area contributed by atoms with Crippen molar-refractivity contribution in [2.45, 2.75) is 12.8 Å². The van der Waals surface area contributed by atoms with Gasteiger partial charge in [-0.25, -0.2) is 0 Å². The molecule has 2 amide bonds. The maximum Gasteiger partial charge on any atom is 0.257 e. The molecule has 1 atom stereocenters. The van der Waals surface area contributed by atoms with Gasteiger partial charge in [0.15, 0.2) is 0 Å². The van der Waals surface area contributed by atoms with Crippen molar-refractivity contribution in [1.82, 2.24) is 9.80 Å². The van der Waals surface area contributed by atoms with E-state index in [1.54, 1.807) is 11.0 Å². The van der Waals surface area contributed by atoms with Gasteiger partial charge in [0.2, 0.25) is 5.91 Å². The van der Waals surface area contributed by atoms with E-state index >= 15 is 0 Å². The molecule has 6 heteroatoms. The van der Waals surface area contributed by atoms with Crippen LogP contribution >= 0.6 is 0 Å². The zero-order valence-electron chi connectivity index (χ0n) is 14.6. The van der Waals surface area contributed by atoms with Crippen LogP contribution in [0.3, 0.4) is 0 Å². The molecule has 0 saturated carbocycles. The van der Waals surface area contributed by atoms with E-state index in [4.69, 9.17) is 9.15 Å². The number of fused-ring (bicyclic) bond motifs is 1. The number of hydrogen-bond acceptors (Lipinski definition) is 4. The fraction of sp³-hybridized carbons (Fsp3) is 0.400. The molecule has 1 aromatic carbocycles. The van der Waals surface area contributed by atoms with E-state index < -0.39 is 0 Å². The minimum atomic E-state index is -0.152. The zero-order valence-corrected chi connectivity index (χ0v) is 14.6. The molecule has 2 aliphatic heterocycles. The summed E-state index contributed by atoms with van der Waals surface area (Å²) in [5, 5.41) is 0. The molecule has 136 valence electrons. The third kappa shape index (κ3) is 3.31. The molecule has 6 nitrogen and oxygen atoms in total. The summed E-state index contributed by atoms with van der Waals surface area (Å²) < 4.78 is 10.8. The number of rotatable bonds is 2. The van der Waals surface area contributed by atoms with Gasteiger partial charge in [-0.3, -0.25) is 9.59 Å². The van der Waals surface area contributed by atoms with Crippen LogP contribution < -0.4 is 4.74 Å². The van der Waals surface area contributed by atoms with Crippen LogP contribution in [-0.4, -0.2) is 54.4 Å². The van der Waals surface area contributed by atoms with Crippen LogP contribution in [0.4, 0.5) is 0 Å². The van der Waals surface area contributed by atoms with E-state index in [9.17, 15) is 9.59 Å². The number of para-hydroxylation sites is 1. The van der Waals surface area contributed by atoms with Crippen LogP contribution in [0, 0.1) is 5.92 Å². The van der Waals surface area contributed by atoms with Gasteiger partial charge in [-0.1, -0.05) is 18.2 Å². The predicted octanol–water partition coefficient (Wildman–Crippen LogP) is 2.21. The van der Waals surface area contributed by atoms with Gasteiger partial charge in [-0.15, -0.1) is 0 Å². The predicted molar refractivity (Wildman–Crippen MR) is 94.9 cm³/mol. The van der Waals surface area contributed by atoms with Crippen molar-refractivity contribution >= 4 is 11.8 Å². The Morgan fingerprint density at radius 2 is 1.81 bits per heavy atom. The number of benzene rings is 1. The van der Waals surface area contributed by atoms with E-state index in [-0.39, 0.29) is 17.7 Å². The largest absolute Gasteiger partial charge is 0.492 e. The normalized spacial score (nSPS) is 20.1. The standard InChI is InChI=1S/C20H22N2O4/c23-19(16-6-11-25-13-16)21-7-3-8-22(10-9-21)20(24)17-12-15-4-1-2-5-18(15)26-14-17/h1-2,4-6,11,13,17H,3,7-10,12,14H2. The summed E-state index contributed by atoms with van der Waals surface area (Å²) in [5.74, 6) is 0.811. The smallest absolute Gasteiger partial charge is 0.257 e. The lowest BCUT2D eigenvalue weighted by molar-refractivity contribution is -0.136. The van der Waals surface area contributed by atoms with Gasteiger partial charge < -0.3 is 19.0 Å². The first kappa shape index (κ1) is 16.7.